The van der Waals surface area contributed by atoms with Gasteiger partial charge in [-0.15, -0.1) is 0 Å². The number of halogens is 2. The molecule has 2 rings (SSSR count). The van der Waals surface area contributed by atoms with Crippen molar-refractivity contribution in [2.45, 2.75) is 13.8 Å². The fraction of sp³-hybridized carbons (Fsp3) is 0.214. The molecule has 0 saturated heterocycles. The molecule has 19 heavy (non-hydrogen) atoms. The number of fused-ring (bicyclic) bond motifs is 1. The summed E-state index contributed by atoms with van der Waals surface area (Å²) in [5.41, 5.74) is 1.52. The van der Waals surface area contributed by atoms with Crippen LogP contribution in [-0.2, 0) is 0 Å². The van der Waals surface area contributed by atoms with E-state index in [4.69, 9.17) is 20.8 Å². The minimum absolute atomic E-state index is 0.127. The number of rotatable bonds is 3. The highest BCUT2D eigenvalue weighted by Gasteiger charge is 2.16. The summed E-state index contributed by atoms with van der Waals surface area (Å²) in [6.07, 6.45) is 1.67. The van der Waals surface area contributed by atoms with E-state index in [9.17, 15) is 4.79 Å². The molecule has 0 aliphatic rings. The van der Waals surface area contributed by atoms with E-state index in [0.29, 0.717) is 17.9 Å². The maximum absolute atomic E-state index is 11.7. The van der Waals surface area contributed by atoms with Gasteiger partial charge in [-0.3, -0.25) is 0 Å². The van der Waals surface area contributed by atoms with E-state index in [-0.39, 0.29) is 5.02 Å². The van der Waals surface area contributed by atoms with Crippen molar-refractivity contribution in [1.29, 1.82) is 0 Å². The molecule has 0 aliphatic carbocycles. The molecular weight excluding hydrogens is 379 g/mol. The van der Waals surface area contributed by atoms with Crippen molar-refractivity contribution in [3.8, 4) is 5.75 Å². The van der Waals surface area contributed by atoms with Crippen LogP contribution in [0.25, 0.3) is 11.0 Å². The van der Waals surface area contributed by atoms with Crippen molar-refractivity contribution < 1.29 is 9.15 Å². The van der Waals surface area contributed by atoms with Gasteiger partial charge >= 0.3 is 5.63 Å². The molecule has 100 valence electrons. The molecule has 0 spiro atoms. The molecule has 0 bridgehead atoms. The Labute approximate surface area is 129 Å². The maximum atomic E-state index is 11.7. The van der Waals surface area contributed by atoms with Gasteiger partial charge in [-0.2, -0.15) is 0 Å². The molecule has 3 nitrogen and oxygen atoms in total. The lowest BCUT2D eigenvalue weighted by Crippen LogP contribution is -2.05. The third kappa shape index (κ3) is 2.51. The summed E-state index contributed by atoms with van der Waals surface area (Å²) in [4.78, 5) is 11.7. The lowest BCUT2D eigenvalue weighted by atomic mass is 10.1. The van der Waals surface area contributed by atoms with Gasteiger partial charge in [-0.1, -0.05) is 24.3 Å². The van der Waals surface area contributed by atoms with Gasteiger partial charge in [0, 0.05) is 10.9 Å². The number of aryl methyl sites for hydroxylation is 2. The van der Waals surface area contributed by atoms with Crippen molar-refractivity contribution in [1.82, 2.24) is 0 Å². The summed E-state index contributed by atoms with van der Waals surface area (Å²) in [5, 5.41) is 0.958. The number of ether oxygens (including phenoxy) is 1. The second-order valence-electron chi connectivity index (χ2n) is 4.12. The molecule has 0 radical (unpaired) electrons. The zero-order valence-electron chi connectivity index (χ0n) is 10.5. The Kier molecular flexibility index (Phi) is 4.20. The largest absolute Gasteiger partial charge is 0.488 e. The Hall–Kier alpha value is -1.01. The zero-order valence-corrected chi connectivity index (χ0v) is 13.5. The van der Waals surface area contributed by atoms with Crippen LogP contribution in [0.15, 0.2) is 27.9 Å². The Balaban J connectivity index is 2.81. The molecule has 1 heterocycles. The second-order valence-corrected chi connectivity index (χ2v) is 5.66. The summed E-state index contributed by atoms with van der Waals surface area (Å²) in [7, 11) is 0. The van der Waals surface area contributed by atoms with E-state index in [2.05, 4.69) is 29.2 Å². The highest BCUT2D eigenvalue weighted by atomic mass is 127. The fourth-order valence-corrected chi connectivity index (χ4v) is 2.89. The van der Waals surface area contributed by atoms with Gasteiger partial charge in [-0.25, -0.2) is 4.79 Å². The lowest BCUT2D eigenvalue weighted by Gasteiger charge is -2.13. The number of benzene rings is 1. The quantitative estimate of drug-likeness (QED) is 0.447. The number of hydrogen-bond acceptors (Lipinski definition) is 3. The Morgan fingerprint density at radius 3 is 2.79 bits per heavy atom. The first-order valence-electron chi connectivity index (χ1n) is 5.63. The third-order valence-electron chi connectivity index (χ3n) is 2.87. The van der Waals surface area contributed by atoms with E-state index in [1.165, 1.54) is 0 Å². The summed E-state index contributed by atoms with van der Waals surface area (Å²) < 4.78 is 11.8. The molecule has 0 unspecified atom stereocenters. The minimum Gasteiger partial charge on any atom is -0.488 e. The van der Waals surface area contributed by atoms with Gasteiger partial charge in [0.15, 0.2) is 0 Å². The fourth-order valence-electron chi connectivity index (χ4n) is 1.88. The predicted molar refractivity (Wildman–Crippen MR) is 85.4 cm³/mol. The molecule has 0 saturated carbocycles. The Morgan fingerprint density at radius 2 is 2.16 bits per heavy atom. The maximum Gasteiger partial charge on any atom is 0.355 e. The molecule has 5 heteroatoms. The molecule has 0 amide bonds. The Bertz CT molecular complexity index is 719. The van der Waals surface area contributed by atoms with Gasteiger partial charge in [0.05, 0.1) is 3.57 Å². The van der Waals surface area contributed by atoms with Crippen LogP contribution >= 0.6 is 34.2 Å². The zero-order chi connectivity index (χ0) is 14.2. The first kappa shape index (κ1) is 14.4. The van der Waals surface area contributed by atoms with Gasteiger partial charge < -0.3 is 9.15 Å². The van der Waals surface area contributed by atoms with Crippen LogP contribution in [0.3, 0.4) is 0 Å². The lowest BCUT2D eigenvalue weighted by molar-refractivity contribution is 0.357. The van der Waals surface area contributed by atoms with Crippen molar-refractivity contribution in [3.63, 3.8) is 0 Å². The van der Waals surface area contributed by atoms with Crippen molar-refractivity contribution in [2.75, 3.05) is 6.61 Å². The molecule has 0 fully saturated rings. The van der Waals surface area contributed by atoms with Crippen molar-refractivity contribution >= 4 is 45.2 Å². The Morgan fingerprint density at radius 1 is 1.47 bits per heavy atom. The smallest absolute Gasteiger partial charge is 0.355 e. The van der Waals surface area contributed by atoms with Crippen molar-refractivity contribution in [3.05, 3.63) is 48.9 Å². The summed E-state index contributed by atoms with van der Waals surface area (Å²) in [5.74, 6) is 0.706. The van der Waals surface area contributed by atoms with E-state index in [1.54, 1.807) is 13.0 Å². The third-order valence-corrected chi connectivity index (χ3v) is 4.11. The van der Waals surface area contributed by atoms with Crippen LogP contribution in [0.2, 0.25) is 5.02 Å². The van der Waals surface area contributed by atoms with E-state index in [1.807, 2.05) is 13.0 Å². The predicted octanol–water partition coefficient (Wildman–Crippen LogP) is 4.23. The standard InChI is InChI=1S/C14H12ClIO3/c1-4-5-18-13-8(3)12-9(6-10(13)16)7(2)11(15)14(17)19-12/h4,6H,1,5H2,2-3H3. The highest BCUT2D eigenvalue weighted by molar-refractivity contribution is 14.1. The monoisotopic (exact) mass is 390 g/mol. The van der Waals surface area contributed by atoms with E-state index < -0.39 is 5.63 Å². The molecule has 1 aromatic carbocycles. The first-order valence-corrected chi connectivity index (χ1v) is 7.08. The molecule has 0 atom stereocenters. The summed E-state index contributed by atoms with van der Waals surface area (Å²) >= 11 is 8.12. The van der Waals surface area contributed by atoms with Gasteiger partial charge in [0.2, 0.25) is 0 Å². The summed E-state index contributed by atoms with van der Waals surface area (Å²) in [6, 6.07) is 1.91. The van der Waals surface area contributed by atoms with E-state index >= 15 is 0 Å². The van der Waals surface area contributed by atoms with Crippen LogP contribution in [0.4, 0.5) is 0 Å². The van der Waals surface area contributed by atoms with Gasteiger partial charge in [0.1, 0.15) is 23.0 Å². The van der Waals surface area contributed by atoms with Crippen LogP contribution < -0.4 is 10.4 Å². The van der Waals surface area contributed by atoms with Gasteiger partial charge in [0.25, 0.3) is 0 Å². The van der Waals surface area contributed by atoms with Crippen LogP contribution in [0, 0.1) is 17.4 Å². The average molecular weight is 391 g/mol. The summed E-state index contributed by atoms with van der Waals surface area (Å²) in [6.45, 7) is 7.69. The normalized spacial score (nSPS) is 10.7. The van der Waals surface area contributed by atoms with Crippen LogP contribution in [-0.4, -0.2) is 6.61 Å². The second kappa shape index (κ2) is 5.54. The van der Waals surface area contributed by atoms with Gasteiger partial charge in [-0.05, 0) is 48.1 Å². The minimum atomic E-state index is -0.523. The highest BCUT2D eigenvalue weighted by Crippen LogP contribution is 2.34. The molecular formula is C14H12ClIO3. The van der Waals surface area contributed by atoms with Crippen molar-refractivity contribution in [2.24, 2.45) is 0 Å². The number of hydrogen-bond donors (Lipinski definition) is 0. The molecule has 2 aromatic rings. The van der Waals surface area contributed by atoms with Crippen LogP contribution in [0.5, 0.6) is 5.75 Å². The topological polar surface area (TPSA) is 39.4 Å². The first-order chi connectivity index (χ1) is 8.97. The van der Waals surface area contributed by atoms with Crippen LogP contribution in [0.1, 0.15) is 11.1 Å². The average Bonchev–Trinajstić information content (AvgIpc) is 2.38. The molecule has 0 aliphatic heterocycles. The van der Waals surface area contributed by atoms with E-state index in [0.717, 1.165) is 20.1 Å². The molecule has 0 N–H and O–H groups in total. The SMILES string of the molecule is C=CCOc1c(I)cc2c(C)c(Cl)c(=O)oc2c1C. The molecule has 1 aromatic heterocycles.